The fourth-order valence-electron chi connectivity index (χ4n) is 2.41. The minimum Gasteiger partial charge on any atom is -0.366 e. The molecule has 0 radical (unpaired) electrons. The first-order chi connectivity index (χ1) is 8.69. The van der Waals surface area contributed by atoms with Gasteiger partial charge in [-0.1, -0.05) is 12.1 Å². The number of amides is 1. The van der Waals surface area contributed by atoms with Crippen LogP contribution in [0.25, 0.3) is 0 Å². The van der Waals surface area contributed by atoms with Crippen molar-refractivity contribution in [2.24, 2.45) is 5.73 Å². The fourth-order valence-corrected chi connectivity index (χ4v) is 2.41. The van der Waals surface area contributed by atoms with Crippen LogP contribution in [0.4, 0.5) is 0 Å². The standard InChI is InChI=1S/C14H21N3O/c1-16-13-6-8-17(9-7-13)10-11-2-4-12(5-3-11)14(15)18/h2-5,13,16H,6-10H2,1H3,(H2,15,18). The monoisotopic (exact) mass is 247 g/mol. The van der Waals surface area contributed by atoms with E-state index in [2.05, 4.69) is 10.2 Å². The second-order valence-corrected chi connectivity index (χ2v) is 4.90. The Morgan fingerprint density at radius 3 is 2.44 bits per heavy atom. The van der Waals surface area contributed by atoms with Gasteiger partial charge in [0, 0.05) is 18.2 Å². The fraction of sp³-hybridized carbons (Fsp3) is 0.500. The lowest BCUT2D eigenvalue weighted by Crippen LogP contribution is -2.40. The van der Waals surface area contributed by atoms with E-state index in [1.165, 1.54) is 18.4 Å². The van der Waals surface area contributed by atoms with Crippen LogP contribution in [0.2, 0.25) is 0 Å². The third-order valence-electron chi connectivity index (χ3n) is 3.64. The van der Waals surface area contributed by atoms with E-state index in [0.717, 1.165) is 19.6 Å². The second kappa shape index (κ2) is 5.98. The van der Waals surface area contributed by atoms with Gasteiger partial charge in [-0.25, -0.2) is 0 Å². The Morgan fingerprint density at radius 1 is 1.33 bits per heavy atom. The number of nitrogens with two attached hydrogens (primary N) is 1. The summed E-state index contributed by atoms with van der Waals surface area (Å²) in [5.41, 5.74) is 7.04. The zero-order valence-electron chi connectivity index (χ0n) is 10.9. The van der Waals surface area contributed by atoms with Crippen molar-refractivity contribution in [1.82, 2.24) is 10.2 Å². The van der Waals surface area contributed by atoms with Gasteiger partial charge in [0.1, 0.15) is 0 Å². The lowest BCUT2D eigenvalue weighted by atomic mass is 10.0. The maximum absolute atomic E-state index is 11.0. The van der Waals surface area contributed by atoms with E-state index in [1.54, 1.807) is 12.1 Å². The number of piperidine rings is 1. The van der Waals surface area contributed by atoms with Crippen molar-refractivity contribution in [1.29, 1.82) is 0 Å². The van der Waals surface area contributed by atoms with Gasteiger partial charge in [0.15, 0.2) is 0 Å². The molecule has 1 aliphatic rings. The van der Waals surface area contributed by atoms with Crippen molar-refractivity contribution >= 4 is 5.91 Å². The van der Waals surface area contributed by atoms with Crippen LogP contribution in [0.3, 0.4) is 0 Å². The molecule has 0 aromatic heterocycles. The Morgan fingerprint density at radius 2 is 1.94 bits per heavy atom. The third kappa shape index (κ3) is 3.31. The number of carbonyl (C=O) groups is 1. The average molecular weight is 247 g/mol. The molecule has 0 saturated carbocycles. The number of nitrogens with one attached hydrogen (secondary N) is 1. The molecule has 0 bridgehead atoms. The lowest BCUT2D eigenvalue weighted by Gasteiger charge is -2.31. The summed E-state index contributed by atoms with van der Waals surface area (Å²) >= 11 is 0. The Labute approximate surface area is 108 Å². The largest absolute Gasteiger partial charge is 0.366 e. The Hall–Kier alpha value is -1.39. The topological polar surface area (TPSA) is 58.4 Å². The summed E-state index contributed by atoms with van der Waals surface area (Å²) in [4.78, 5) is 13.4. The maximum atomic E-state index is 11.0. The molecule has 0 spiro atoms. The Kier molecular flexibility index (Phi) is 4.33. The van der Waals surface area contributed by atoms with Gasteiger partial charge in [0.25, 0.3) is 0 Å². The highest BCUT2D eigenvalue weighted by molar-refractivity contribution is 5.92. The summed E-state index contributed by atoms with van der Waals surface area (Å²) in [5.74, 6) is -0.364. The Bertz CT molecular complexity index is 394. The van der Waals surface area contributed by atoms with Crippen molar-refractivity contribution in [3.8, 4) is 0 Å². The number of rotatable bonds is 4. The molecule has 0 aliphatic carbocycles. The summed E-state index contributed by atoms with van der Waals surface area (Å²) in [6.45, 7) is 3.21. The van der Waals surface area contributed by atoms with Crippen molar-refractivity contribution in [3.05, 3.63) is 35.4 Å². The predicted octanol–water partition coefficient (Wildman–Crippen LogP) is 0.969. The molecule has 1 aromatic rings. The summed E-state index contributed by atoms with van der Waals surface area (Å²) in [5, 5.41) is 3.33. The first-order valence-electron chi connectivity index (χ1n) is 6.47. The van der Waals surface area contributed by atoms with Crippen LogP contribution in [0.1, 0.15) is 28.8 Å². The summed E-state index contributed by atoms with van der Waals surface area (Å²) in [6, 6.07) is 8.25. The zero-order valence-corrected chi connectivity index (χ0v) is 10.9. The molecule has 18 heavy (non-hydrogen) atoms. The molecule has 2 rings (SSSR count). The van der Waals surface area contributed by atoms with Crippen molar-refractivity contribution in [2.45, 2.75) is 25.4 Å². The van der Waals surface area contributed by atoms with Crippen LogP contribution in [0.15, 0.2) is 24.3 Å². The highest BCUT2D eigenvalue weighted by Crippen LogP contribution is 2.14. The van der Waals surface area contributed by atoms with Crippen molar-refractivity contribution < 1.29 is 4.79 Å². The van der Waals surface area contributed by atoms with Gasteiger partial charge < -0.3 is 11.1 Å². The molecule has 0 unspecified atom stereocenters. The average Bonchev–Trinajstić information content (AvgIpc) is 2.40. The molecule has 98 valence electrons. The molecule has 4 nitrogen and oxygen atoms in total. The quantitative estimate of drug-likeness (QED) is 0.833. The summed E-state index contributed by atoms with van der Waals surface area (Å²) in [6.07, 6.45) is 2.41. The molecule has 3 N–H and O–H groups in total. The van der Waals surface area contributed by atoms with Gasteiger partial charge in [-0.05, 0) is 50.7 Å². The molecule has 1 aliphatic heterocycles. The highest BCUT2D eigenvalue weighted by Gasteiger charge is 2.17. The number of carbonyl (C=O) groups excluding carboxylic acids is 1. The molecule has 1 aromatic carbocycles. The third-order valence-corrected chi connectivity index (χ3v) is 3.64. The van der Waals surface area contributed by atoms with Crippen molar-refractivity contribution in [2.75, 3.05) is 20.1 Å². The molecule has 0 atom stereocenters. The van der Waals surface area contributed by atoms with Crippen LogP contribution in [0.5, 0.6) is 0 Å². The predicted molar refractivity (Wildman–Crippen MR) is 72.3 cm³/mol. The summed E-state index contributed by atoms with van der Waals surface area (Å²) < 4.78 is 0. The lowest BCUT2D eigenvalue weighted by molar-refractivity contribution is 0.100. The SMILES string of the molecule is CNC1CCN(Cc2ccc(C(N)=O)cc2)CC1. The van der Waals surface area contributed by atoms with E-state index >= 15 is 0 Å². The minimum absolute atomic E-state index is 0.364. The van der Waals surface area contributed by atoms with Crippen LogP contribution >= 0.6 is 0 Å². The minimum atomic E-state index is -0.364. The van der Waals surface area contributed by atoms with Crippen molar-refractivity contribution in [3.63, 3.8) is 0 Å². The van der Waals surface area contributed by atoms with Gasteiger partial charge in [0.2, 0.25) is 5.91 Å². The van der Waals surface area contributed by atoms with Gasteiger partial charge in [-0.2, -0.15) is 0 Å². The number of likely N-dealkylation sites (tertiary alicyclic amines) is 1. The number of benzene rings is 1. The van der Waals surface area contributed by atoms with Gasteiger partial charge in [-0.15, -0.1) is 0 Å². The van der Waals surface area contributed by atoms with Crippen LogP contribution in [-0.2, 0) is 6.54 Å². The molecule has 1 heterocycles. The van der Waals surface area contributed by atoms with Crippen LogP contribution in [-0.4, -0.2) is 37.0 Å². The first-order valence-corrected chi connectivity index (χ1v) is 6.47. The zero-order chi connectivity index (χ0) is 13.0. The molecule has 4 heteroatoms. The second-order valence-electron chi connectivity index (χ2n) is 4.90. The van der Waals surface area contributed by atoms with Gasteiger partial charge in [-0.3, -0.25) is 9.69 Å². The number of nitrogens with zero attached hydrogens (tertiary/aromatic N) is 1. The number of hydrogen-bond donors (Lipinski definition) is 2. The molecule has 1 amide bonds. The molecule has 1 fully saturated rings. The Balaban J connectivity index is 1.88. The summed E-state index contributed by atoms with van der Waals surface area (Å²) in [7, 11) is 2.03. The maximum Gasteiger partial charge on any atom is 0.248 e. The normalized spacial score (nSPS) is 17.8. The van der Waals surface area contributed by atoms with E-state index in [9.17, 15) is 4.79 Å². The van der Waals surface area contributed by atoms with Gasteiger partial charge in [0.05, 0.1) is 0 Å². The molecular formula is C14H21N3O. The smallest absolute Gasteiger partial charge is 0.248 e. The molecular weight excluding hydrogens is 226 g/mol. The van der Waals surface area contributed by atoms with E-state index in [4.69, 9.17) is 5.73 Å². The van der Waals surface area contributed by atoms with E-state index in [0.29, 0.717) is 11.6 Å². The number of hydrogen-bond acceptors (Lipinski definition) is 3. The highest BCUT2D eigenvalue weighted by atomic mass is 16.1. The van der Waals surface area contributed by atoms with E-state index in [-0.39, 0.29) is 5.91 Å². The first kappa shape index (κ1) is 13.1. The number of primary amides is 1. The molecule has 1 saturated heterocycles. The van der Waals surface area contributed by atoms with E-state index in [1.807, 2.05) is 19.2 Å². The van der Waals surface area contributed by atoms with E-state index < -0.39 is 0 Å². The van der Waals surface area contributed by atoms with Gasteiger partial charge >= 0.3 is 0 Å². The van der Waals surface area contributed by atoms with Crippen LogP contribution in [0, 0.1) is 0 Å². The van der Waals surface area contributed by atoms with Crippen LogP contribution < -0.4 is 11.1 Å².